The molecule has 1 heterocycles. The minimum absolute atomic E-state index is 0.256. The van der Waals surface area contributed by atoms with Crippen molar-refractivity contribution in [3.8, 4) is 0 Å². The number of rotatable bonds is 2. The summed E-state index contributed by atoms with van der Waals surface area (Å²) in [5, 5.41) is 3.86. The maximum atomic E-state index is 3.86. The average molecular weight is 238 g/mol. The zero-order chi connectivity index (χ0) is 12.5. The monoisotopic (exact) mass is 238 g/mol. The van der Waals surface area contributed by atoms with Crippen molar-refractivity contribution in [2.75, 3.05) is 13.1 Å². The Kier molecular flexibility index (Phi) is 4.14. The molecule has 0 aromatic rings. The highest BCUT2D eigenvalue weighted by atomic mass is 15.2. The minimum Gasteiger partial charge on any atom is -0.308 e. The van der Waals surface area contributed by atoms with Gasteiger partial charge in [0.2, 0.25) is 0 Å². The minimum atomic E-state index is 0.256. The summed E-state index contributed by atoms with van der Waals surface area (Å²) in [4.78, 5) is 2.76. The zero-order valence-electron chi connectivity index (χ0n) is 12.1. The third kappa shape index (κ3) is 3.69. The first-order valence-corrected chi connectivity index (χ1v) is 7.47. The van der Waals surface area contributed by atoms with Gasteiger partial charge in [-0.1, -0.05) is 19.8 Å². The van der Waals surface area contributed by atoms with Crippen LogP contribution in [0.4, 0.5) is 0 Å². The van der Waals surface area contributed by atoms with E-state index >= 15 is 0 Å². The highest BCUT2D eigenvalue weighted by Gasteiger charge is 2.34. The fraction of sp³-hybridized carbons (Fsp3) is 1.00. The van der Waals surface area contributed by atoms with Gasteiger partial charge in [-0.15, -0.1) is 0 Å². The van der Waals surface area contributed by atoms with Crippen LogP contribution in [0.3, 0.4) is 0 Å². The van der Waals surface area contributed by atoms with Crippen molar-refractivity contribution in [2.45, 2.75) is 77.4 Å². The molecule has 2 rings (SSSR count). The van der Waals surface area contributed by atoms with Crippen molar-refractivity contribution in [2.24, 2.45) is 5.92 Å². The first kappa shape index (κ1) is 13.4. The Bertz CT molecular complexity index is 244. The fourth-order valence-corrected chi connectivity index (χ4v) is 3.54. The maximum absolute atomic E-state index is 3.86. The van der Waals surface area contributed by atoms with Crippen LogP contribution in [0.15, 0.2) is 0 Å². The molecule has 3 atom stereocenters. The predicted octanol–water partition coefficient (Wildman–Crippen LogP) is 3.03. The molecule has 1 saturated carbocycles. The molecule has 1 aliphatic heterocycles. The van der Waals surface area contributed by atoms with Gasteiger partial charge in [0, 0.05) is 24.2 Å². The molecule has 0 bridgehead atoms. The Balaban J connectivity index is 1.97. The van der Waals surface area contributed by atoms with Gasteiger partial charge in [0.05, 0.1) is 0 Å². The normalized spacial score (nSPS) is 36.4. The van der Waals surface area contributed by atoms with E-state index in [0.717, 1.165) is 12.0 Å². The lowest BCUT2D eigenvalue weighted by Crippen LogP contribution is -2.56. The molecule has 0 aromatic carbocycles. The number of nitrogens with zero attached hydrogens (tertiary/aromatic N) is 1. The Morgan fingerprint density at radius 1 is 1.06 bits per heavy atom. The molecule has 2 nitrogen and oxygen atoms in total. The molecule has 2 heteroatoms. The van der Waals surface area contributed by atoms with Crippen LogP contribution in [0.25, 0.3) is 0 Å². The summed E-state index contributed by atoms with van der Waals surface area (Å²) in [6.07, 6.45) is 7.01. The molecule has 0 unspecified atom stereocenters. The van der Waals surface area contributed by atoms with Crippen molar-refractivity contribution in [1.82, 2.24) is 10.2 Å². The number of nitrogens with one attached hydrogen (secondary N) is 1. The van der Waals surface area contributed by atoms with Crippen LogP contribution in [-0.4, -0.2) is 35.6 Å². The molecule has 0 radical (unpaired) electrons. The number of hydrogen-bond donors (Lipinski definition) is 1. The van der Waals surface area contributed by atoms with Gasteiger partial charge in [-0.3, -0.25) is 4.90 Å². The average Bonchev–Trinajstić information content (AvgIpc) is 2.63. The largest absolute Gasteiger partial charge is 0.308 e. The molecular formula is C15H30N2. The Hall–Kier alpha value is -0.0800. The van der Waals surface area contributed by atoms with E-state index in [1.807, 2.05) is 0 Å². The lowest BCUT2D eigenvalue weighted by molar-refractivity contribution is 0.128. The molecular weight excluding hydrogens is 208 g/mol. The van der Waals surface area contributed by atoms with Crippen molar-refractivity contribution >= 4 is 0 Å². The summed E-state index contributed by atoms with van der Waals surface area (Å²) in [5.41, 5.74) is 0.256. The molecule has 1 aliphatic carbocycles. The van der Waals surface area contributed by atoms with Crippen molar-refractivity contribution in [3.05, 3.63) is 0 Å². The van der Waals surface area contributed by atoms with Crippen molar-refractivity contribution < 1.29 is 0 Å². The smallest absolute Gasteiger partial charge is 0.0249 e. The van der Waals surface area contributed by atoms with Crippen LogP contribution in [-0.2, 0) is 0 Å². The van der Waals surface area contributed by atoms with E-state index < -0.39 is 0 Å². The van der Waals surface area contributed by atoms with Gasteiger partial charge in [0.1, 0.15) is 0 Å². The molecule has 1 saturated heterocycles. The van der Waals surface area contributed by atoms with E-state index in [4.69, 9.17) is 0 Å². The Morgan fingerprint density at radius 2 is 1.76 bits per heavy atom. The lowest BCUT2D eigenvalue weighted by Gasteiger charge is -2.41. The highest BCUT2D eigenvalue weighted by Crippen LogP contribution is 2.28. The summed E-state index contributed by atoms with van der Waals surface area (Å²) in [6.45, 7) is 11.9. The van der Waals surface area contributed by atoms with Crippen LogP contribution < -0.4 is 5.32 Å². The molecule has 1 N–H and O–H groups in total. The first-order chi connectivity index (χ1) is 7.96. The summed E-state index contributed by atoms with van der Waals surface area (Å²) < 4.78 is 0. The molecule has 100 valence electrons. The van der Waals surface area contributed by atoms with Gasteiger partial charge in [-0.25, -0.2) is 0 Å². The second-order valence-corrected chi connectivity index (χ2v) is 7.24. The summed E-state index contributed by atoms with van der Waals surface area (Å²) in [7, 11) is 0. The summed E-state index contributed by atoms with van der Waals surface area (Å²) >= 11 is 0. The third-order valence-corrected chi connectivity index (χ3v) is 4.27. The Morgan fingerprint density at radius 3 is 2.35 bits per heavy atom. The standard InChI is InChI=1S/C15H30N2/c1-12-9-10-17(11-12)14-8-6-5-7-13(14)16-15(2,3)4/h12-14,16H,5-11H2,1-4H3/t12-,13+,14+/m1/s1. The fourth-order valence-electron chi connectivity index (χ4n) is 3.54. The quantitative estimate of drug-likeness (QED) is 0.795. The molecule has 0 amide bonds. The van der Waals surface area contributed by atoms with Crippen molar-refractivity contribution in [3.63, 3.8) is 0 Å². The van der Waals surface area contributed by atoms with Crippen LogP contribution in [0.2, 0.25) is 0 Å². The van der Waals surface area contributed by atoms with Gasteiger partial charge < -0.3 is 5.32 Å². The molecule has 2 fully saturated rings. The second-order valence-electron chi connectivity index (χ2n) is 7.24. The molecule has 0 spiro atoms. The first-order valence-electron chi connectivity index (χ1n) is 7.47. The van der Waals surface area contributed by atoms with E-state index in [9.17, 15) is 0 Å². The molecule has 0 aromatic heterocycles. The molecule has 17 heavy (non-hydrogen) atoms. The van der Waals surface area contributed by atoms with Gasteiger partial charge in [-0.2, -0.15) is 0 Å². The van der Waals surface area contributed by atoms with Crippen LogP contribution >= 0.6 is 0 Å². The number of likely N-dealkylation sites (tertiary alicyclic amines) is 1. The van der Waals surface area contributed by atoms with Gasteiger partial charge >= 0.3 is 0 Å². The SMILES string of the molecule is C[C@@H]1CCN([C@H]2CCCC[C@@H]2NC(C)(C)C)C1. The van der Waals surface area contributed by atoms with Gasteiger partial charge in [0.15, 0.2) is 0 Å². The van der Waals surface area contributed by atoms with E-state index in [0.29, 0.717) is 6.04 Å². The zero-order valence-corrected chi connectivity index (χ0v) is 12.1. The molecule has 2 aliphatic rings. The van der Waals surface area contributed by atoms with Gasteiger partial charge in [0.25, 0.3) is 0 Å². The van der Waals surface area contributed by atoms with Crippen LogP contribution in [0, 0.1) is 5.92 Å². The van der Waals surface area contributed by atoms with E-state index in [1.54, 1.807) is 0 Å². The maximum Gasteiger partial charge on any atom is 0.0249 e. The summed E-state index contributed by atoms with van der Waals surface area (Å²) in [5.74, 6) is 0.909. The second kappa shape index (κ2) is 5.27. The van der Waals surface area contributed by atoms with E-state index in [1.165, 1.54) is 45.2 Å². The van der Waals surface area contributed by atoms with Crippen LogP contribution in [0.1, 0.15) is 59.8 Å². The number of hydrogen-bond acceptors (Lipinski definition) is 2. The van der Waals surface area contributed by atoms with E-state index in [2.05, 4.69) is 37.9 Å². The summed E-state index contributed by atoms with van der Waals surface area (Å²) in [6, 6.07) is 1.52. The lowest BCUT2D eigenvalue weighted by atomic mass is 9.87. The van der Waals surface area contributed by atoms with Crippen LogP contribution in [0.5, 0.6) is 0 Å². The highest BCUT2D eigenvalue weighted by molar-refractivity contribution is 4.93. The Labute approximate surface area is 107 Å². The predicted molar refractivity (Wildman–Crippen MR) is 74.3 cm³/mol. The van der Waals surface area contributed by atoms with Crippen molar-refractivity contribution in [1.29, 1.82) is 0 Å². The topological polar surface area (TPSA) is 15.3 Å². The van der Waals surface area contributed by atoms with Gasteiger partial charge in [-0.05, 0) is 52.5 Å². The van der Waals surface area contributed by atoms with E-state index in [-0.39, 0.29) is 5.54 Å². The third-order valence-electron chi connectivity index (χ3n) is 4.27.